The topological polar surface area (TPSA) is 83.7 Å². The number of anilines is 1. The third kappa shape index (κ3) is 5.33. The number of methoxy groups -OCH3 is 1. The Morgan fingerprint density at radius 2 is 2.00 bits per heavy atom. The normalized spacial score (nSPS) is 20.2. The highest BCUT2D eigenvalue weighted by atomic mass is 19.1. The second-order valence-electron chi connectivity index (χ2n) is 8.28. The van der Waals surface area contributed by atoms with E-state index in [4.69, 9.17) is 9.26 Å². The molecule has 2 aliphatic heterocycles. The number of carbonyl (C=O) groups excluding carboxylic acids is 1. The molecule has 1 aromatic carbocycles. The maximum atomic E-state index is 12.6. The SMILES string of the molecule is COc1ccc(-c2noc(N3CCC(C(=O)NCC4CCN(CCF)C4)CC3)n2)cc1. The number of piperidine rings is 1. The van der Waals surface area contributed by atoms with Crippen molar-refractivity contribution in [2.45, 2.75) is 19.3 Å². The zero-order valence-corrected chi connectivity index (χ0v) is 17.9. The van der Waals surface area contributed by atoms with Crippen LogP contribution in [-0.2, 0) is 4.79 Å². The first-order valence-corrected chi connectivity index (χ1v) is 11.0. The molecule has 1 N–H and O–H groups in total. The van der Waals surface area contributed by atoms with Crippen molar-refractivity contribution in [1.29, 1.82) is 0 Å². The third-order valence-electron chi connectivity index (χ3n) is 6.24. The lowest BCUT2D eigenvalue weighted by Gasteiger charge is -2.30. The molecule has 1 aromatic heterocycles. The molecule has 9 heteroatoms. The number of rotatable bonds is 8. The molecule has 8 nitrogen and oxygen atoms in total. The molecule has 2 aromatic rings. The summed E-state index contributed by atoms with van der Waals surface area (Å²) in [5.74, 6) is 1.86. The van der Waals surface area contributed by atoms with E-state index in [1.165, 1.54) is 0 Å². The fourth-order valence-corrected chi connectivity index (χ4v) is 4.33. The minimum absolute atomic E-state index is 0.00331. The number of nitrogens with zero attached hydrogens (tertiary/aromatic N) is 4. The Labute approximate surface area is 181 Å². The van der Waals surface area contributed by atoms with Crippen molar-refractivity contribution in [3.8, 4) is 17.1 Å². The predicted octanol–water partition coefficient (Wildman–Crippen LogP) is 2.37. The molecule has 0 saturated carbocycles. The molecule has 4 rings (SSSR count). The summed E-state index contributed by atoms with van der Waals surface area (Å²) in [6.07, 6.45) is 2.53. The molecule has 0 aliphatic carbocycles. The van der Waals surface area contributed by atoms with E-state index in [1.807, 2.05) is 29.2 Å². The quantitative estimate of drug-likeness (QED) is 0.687. The second kappa shape index (κ2) is 10.1. The van der Waals surface area contributed by atoms with Crippen molar-refractivity contribution in [2.75, 3.05) is 58.0 Å². The van der Waals surface area contributed by atoms with Crippen molar-refractivity contribution >= 4 is 11.9 Å². The summed E-state index contributed by atoms with van der Waals surface area (Å²) in [4.78, 5) is 21.3. The van der Waals surface area contributed by atoms with Crippen molar-refractivity contribution in [2.24, 2.45) is 11.8 Å². The number of halogens is 1. The molecule has 2 aliphatic rings. The van der Waals surface area contributed by atoms with Gasteiger partial charge in [0, 0.05) is 44.2 Å². The molecule has 168 valence electrons. The van der Waals surface area contributed by atoms with Crippen LogP contribution in [0, 0.1) is 11.8 Å². The van der Waals surface area contributed by atoms with Gasteiger partial charge in [0.15, 0.2) is 0 Å². The van der Waals surface area contributed by atoms with Crippen molar-refractivity contribution in [3.05, 3.63) is 24.3 Å². The van der Waals surface area contributed by atoms with Gasteiger partial charge in [-0.3, -0.25) is 4.79 Å². The summed E-state index contributed by atoms with van der Waals surface area (Å²) in [5, 5.41) is 7.20. The van der Waals surface area contributed by atoms with Gasteiger partial charge in [0.05, 0.1) is 7.11 Å². The average Bonchev–Trinajstić information content (AvgIpc) is 3.48. The highest BCUT2D eigenvalue weighted by Crippen LogP contribution is 2.26. The first kappa shape index (κ1) is 21.5. The lowest BCUT2D eigenvalue weighted by molar-refractivity contribution is -0.125. The van der Waals surface area contributed by atoms with Crippen LogP contribution in [0.1, 0.15) is 19.3 Å². The van der Waals surface area contributed by atoms with E-state index in [-0.39, 0.29) is 18.5 Å². The minimum atomic E-state index is -0.306. The van der Waals surface area contributed by atoms with E-state index < -0.39 is 0 Å². The largest absolute Gasteiger partial charge is 0.497 e. The van der Waals surface area contributed by atoms with Crippen molar-refractivity contribution < 1.29 is 18.4 Å². The highest BCUT2D eigenvalue weighted by molar-refractivity contribution is 5.79. The number of likely N-dealkylation sites (tertiary alicyclic amines) is 1. The van der Waals surface area contributed by atoms with Crippen LogP contribution in [0.4, 0.5) is 10.4 Å². The molecule has 3 heterocycles. The average molecular weight is 432 g/mol. The summed E-state index contributed by atoms with van der Waals surface area (Å²) in [6.45, 7) is 4.07. The summed E-state index contributed by atoms with van der Waals surface area (Å²) in [7, 11) is 1.63. The van der Waals surface area contributed by atoms with Gasteiger partial charge in [-0.15, -0.1) is 0 Å². The first-order valence-electron chi connectivity index (χ1n) is 11.0. The van der Waals surface area contributed by atoms with Gasteiger partial charge in [-0.25, -0.2) is 4.39 Å². The van der Waals surface area contributed by atoms with E-state index >= 15 is 0 Å². The fraction of sp³-hybridized carbons (Fsp3) is 0.591. The number of carbonyl (C=O) groups is 1. The molecular formula is C22H30FN5O3. The lowest BCUT2D eigenvalue weighted by Crippen LogP contribution is -2.42. The molecule has 1 amide bonds. The summed E-state index contributed by atoms with van der Waals surface area (Å²) < 4.78 is 23.1. The van der Waals surface area contributed by atoms with E-state index in [0.29, 0.717) is 43.9 Å². The van der Waals surface area contributed by atoms with E-state index in [9.17, 15) is 9.18 Å². The maximum absolute atomic E-state index is 12.6. The fourth-order valence-electron chi connectivity index (χ4n) is 4.33. The van der Waals surface area contributed by atoms with Gasteiger partial charge in [0.1, 0.15) is 12.4 Å². The molecule has 31 heavy (non-hydrogen) atoms. The van der Waals surface area contributed by atoms with Crippen molar-refractivity contribution in [1.82, 2.24) is 20.4 Å². The Kier molecular flexibility index (Phi) is 7.01. The van der Waals surface area contributed by atoms with Crippen LogP contribution in [0.2, 0.25) is 0 Å². The summed E-state index contributed by atoms with van der Waals surface area (Å²) in [6, 6.07) is 8.00. The molecule has 0 bridgehead atoms. The second-order valence-corrected chi connectivity index (χ2v) is 8.28. The van der Waals surface area contributed by atoms with E-state index in [2.05, 4.69) is 20.4 Å². The smallest absolute Gasteiger partial charge is 0.324 e. The van der Waals surface area contributed by atoms with Gasteiger partial charge < -0.3 is 24.4 Å². The zero-order chi connectivity index (χ0) is 21.6. The number of alkyl halides is 1. The van der Waals surface area contributed by atoms with E-state index in [1.54, 1.807) is 7.11 Å². The number of nitrogens with one attached hydrogen (secondary N) is 1. The monoisotopic (exact) mass is 431 g/mol. The number of aromatic nitrogens is 2. The van der Waals surface area contributed by atoms with Crippen LogP contribution in [0.15, 0.2) is 28.8 Å². The predicted molar refractivity (Wildman–Crippen MR) is 115 cm³/mol. The van der Waals surface area contributed by atoms with Gasteiger partial charge in [0.25, 0.3) is 0 Å². The Bertz CT molecular complexity index is 851. The Balaban J connectivity index is 1.23. The maximum Gasteiger partial charge on any atom is 0.324 e. The molecule has 2 fully saturated rings. The van der Waals surface area contributed by atoms with Crippen LogP contribution in [-0.4, -0.2) is 74.0 Å². The van der Waals surface area contributed by atoms with Gasteiger partial charge in [-0.1, -0.05) is 5.16 Å². The molecule has 0 radical (unpaired) electrons. The molecule has 2 saturated heterocycles. The lowest BCUT2D eigenvalue weighted by atomic mass is 9.96. The molecular weight excluding hydrogens is 401 g/mol. The Hall–Kier alpha value is -2.68. The minimum Gasteiger partial charge on any atom is -0.497 e. The van der Waals surface area contributed by atoms with Crippen LogP contribution >= 0.6 is 0 Å². The van der Waals surface area contributed by atoms with Crippen LogP contribution in [0.5, 0.6) is 5.75 Å². The summed E-state index contributed by atoms with van der Waals surface area (Å²) >= 11 is 0. The van der Waals surface area contributed by atoms with Crippen LogP contribution < -0.4 is 15.0 Å². The van der Waals surface area contributed by atoms with Gasteiger partial charge in [0.2, 0.25) is 11.7 Å². The number of hydrogen-bond donors (Lipinski definition) is 1. The highest BCUT2D eigenvalue weighted by Gasteiger charge is 2.29. The molecule has 1 atom stereocenters. The number of hydrogen-bond acceptors (Lipinski definition) is 7. The van der Waals surface area contributed by atoms with Crippen LogP contribution in [0.3, 0.4) is 0 Å². The molecule has 0 spiro atoms. The van der Waals surface area contributed by atoms with Crippen LogP contribution in [0.25, 0.3) is 11.4 Å². The van der Waals surface area contributed by atoms with E-state index in [0.717, 1.165) is 43.7 Å². The number of benzene rings is 1. The van der Waals surface area contributed by atoms with Gasteiger partial charge in [-0.05, 0) is 56.0 Å². The zero-order valence-electron chi connectivity index (χ0n) is 17.9. The molecule has 1 unspecified atom stereocenters. The number of amides is 1. The van der Waals surface area contributed by atoms with Crippen molar-refractivity contribution in [3.63, 3.8) is 0 Å². The summed E-state index contributed by atoms with van der Waals surface area (Å²) in [5.41, 5.74) is 0.863. The Morgan fingerprint density at radius 3 is 2.71 bits per heavy atom. The van der Waals surface area contributed by atoms with Gasteiger partial charge >= 0.3 is 6.01 Å². The third-order valence-corrected chi connectivity index (χ3v) is 6.24. The first-order chi connectivity index (χ1) is 15.2. The van der Waals surface area contributed by atoms with Gasteiger partial charge in [-0.2, -0.15) is 4.98 Å². The standard InChI is InChI=1S/C22H30FN5O3/c1-30-19-4-2-17(3-5-19)20-25-22(31-26-20)28-11-7-18(8-12-28)21(29)24-14-16-6-10-27(15-16)13-9-23/h2-5,16,18H,6-15H2,1H3,(H,24,29). The Morgan fingerprint density at radius 1 is 1.23 bits per heavy atom. The number of ether oxygens (including phenoxy) is 1.